The highest BCUT2D eigenvalue weighted by Crippen LogP contribution is 2.43. The van der Waals surface area contributed by atoms with Crippen LogP contribution >= 0.6 is 23.2 Å². The first-order valence-electron chi connectivity index (χ1n) is 8.50. The molecule has 0 spiro atoms. The van der Waals surface area contributed by atoms with E-state index in [1.165, 1.54) is 24.0 Å². The van der Waals surface area contributed by atoms with Crippen LogP contribution in [0.5, 0.6) is 0 Å². The summed E-state index contributed by atoms with van der Waals surface area (Å²) in [5.74, 6) is 0. The monoisotopic (exact) mass is 352 g/mol. The fraction of sp³-hybridized carbons (Fsp3) is 0.579. The van der Waals surface area contributed by atoms with E-state index in [-0.39, 0.29) is 5.50 Å². The Balaban J connectivity index is 1.89. The summed E-state index contributed by atoms with van der Waals surface area (Å²) in [4.78, 5) is 2.40. The standard InChI is InChI=1S/C19H26Cl2N2/c1-19(2)8-7-15(13-23-10-9-22-12-18(23)21)17(11-19)14-3-5-16(20)6-4-14/h3-6,18,22H,7-13H2,1-2H3. The van der Waals surface area contributed by atoms with Gasteiger partial charge in [-0.1, -0.05) is 43.2 Å². The Labute approximate surface area is 149 Å². The lowest BCUT2D eigenvalue weighted by molar-refractivity contribution is 0.224. The van der Waals surface area contributed by atoms with Crippen molar-refractivity contribution in [1.29, 1.82) is 0 Å². The van der Waals surface area contributed by atoms with Crippen molar-refractivity contribution in [3.8, 4) is 0 Å². The van der Waals surface area contributed by atoms with Crippen molar-refractivity contribution < 1.29 is 0 Å². The van der Waals surface area contributed by atoms with E-state index in [2.05, 4.69) is 36.2 Å². The predicted octanol–water partition coefficient (Wildman–Crippen LogP) is 4.77. The number of nitrogens with zero attached hydrogens (tertiary/aromatic N) is 1. The van der Waals surface area contributed by atoms with Crippen LogP contribution in [-0.4, -0.2) is 36.6 Å². The van der Waals surface area contributed by atoms with Gasteiger partial charge in [0.1, 0.15) is 0 Å². The lowest BCUT2D eigenvalue weighted by Crippen LogP contribution is -2.49. The molecule has 1 saturated heterocycles. The molecule has 0 aromatic heterocycles. The van der Waals surface area contributed by atoms with Gasteiger partial charge in [0.25, 0.3) is 0 Å². The molecule has 1 aliphatic carbocycles. The molecule has 4 heteroatoms. The second-order valence-electron chi connectivity index (χ2n) is 7.54. The number of benzene rings is 1. The van der Waals surface area contributed by atoms with Gasteiger partial charge in [-0.25, -0.2) is 0 Å². The van der Waals surface area contributed by atoms with Crippen molar-refractivity contribution >= 4 is 28.8 Å². The Morgan fingerprint density at radius 3 is 2.70 bits per heavy atom. The van der Waals surface area contributed by atoms with Gasteiger partial charge in [0.15, 0.2) is 0 Å². The number of piperazine rings is 1. The molecule has 1 aromatic rings. The average Bonchev–Trinajstić information content (AvgIpc) is 2.52. The van der Waals surface area contributed by atoms with Crippen molar-refractivity contribution in [3.05, 3.63) is 40.4 Å². The molecule has 1 unspecified atom stereocenters. The molecule has 1 aliphatic heterocycles. The predicted molar refractivity (Wildman–Crippen MR) is 100 cm³/mol. The van der Waals surface area contributed by atoms with Crippen LogP contribution in [0, 0.1) is 5.41 Å². The summed E-state index contributed by atoms with van der Waals surface area (Å²) in [5.41, 5.74) is 4.83. The van der Waals surface area contributed by atoms with E-state index in [9.17, 15) is 0 Å². The molecule has 1 aromatic carbocycles. The molecule has 2 nitrogen and oxygen atoms in total. The molecule has 3 rings (SSSR count). The molecular formula is C19H26Cl2N2. The SMILES string of the molecule is CC1(C)CCC(CN2CCNCC2Cl)=C(c2ccc(Cl)cc2)C1. The maximum atomic E-state index is 6.50. The molecule has 1 fully saturated rings. The first-order chi connectivity index (χ1) is 10.9. The van der Waals surface area contributed by atoms with Gasteiger partial charge in [0.05, 0.1) is 5.50 Å². The fourth-order valence-electron chi connectivity index (χ4n) is 3.60. The Bertz CT molecular complexity index is 578. The lowest BCUT2D eigenvalue weighted by atomic mass is 9.72. The van der Waals surface area contributed by atoms with Crippen LogP contribution in [0.25, 0.3) is 5.57 Å². The quantitative estimate of drug-likeness (QED) is 0.622. The normalized spacial score (nSPS) is 25.7. The third-order valence-corrected chi connectivity index (χ3v) is 5.74. The maximum Gasteiger partial charge on any atom is 0.0979 e. The maximum absolute atomic E-state index is 6.50. The van der Waals surface area contributed by atoms with Crippen molar-refractivity contribution in [2.45, 2.75) is 38.6 Å². The minimum absolute atomic E-state index is 0.0951. The van der Waals surface area contributed by atoms with Crippen LogP contribution in [0.15, 0.2) is 29.8 Å². The highest BCUT2D eigenvalue weighted by Gasteiger charge is 2.30. The van der Waals surface area contributed by atoms with Gasteiger partial charge >= 0.3 is 0 Å². The van der Waals surface area contributed by atoms with Gasteiger partial charge in [-0.2, -0.15) is 0 Å². The summed E-state index contributed by atoms with van der Waals surface area (Å²) >= 11 is 12.6. The van der Waals surface area contributed by atoms with Gasteiger partial charge in [-0.05, 0) is 47.9 Å². The molecule has 0 amide bonds. The molecule has 0 bridgehead atoms. The summed E-state index contributed by atoms with van der Waals surface area (Å²) < 4.78 is 0. The minimum Gasteiger partial charge on any atom is -0.313 e. The fourth-order valence-corrected chi connectivity index (χ4v) is 4.00. The van der Waals surface area contributed by atoms with Gasteiger partial charge in [0.2, 0.25) is 0 Å². The summed E-state index contributed by atoms with van der Waals surface area (Å²) in [6, 6.07) is 8.32. The van der Waals surface area contributed by atoms with E-state index in [1.54, 1.807) is 5.57 Å². The minimum atomic E-state index is 0.0951. The van der Waals surface area contributed by atoms with E-state index in [0.717, 1.165) is 37.6 Å². The van der Waals surface area contributed by atoms with E-state index in [0.29, 0.717) is 5.41 Å². The summed E-state index contributed by atoms with van der Waals surface area (Å²) in [7, 11) is 0. The molecule has 126 valence electrons. The second-order valence-corrected chi connectivity index (χ2v) is 8.48. The number of alkyl halides is 1. The summed E-state index contributed by atoms with van der Waals surface area (Å²) in [6.45, 7) is 8.65. The van der Waals surface area contributed by atoms with E-state index in [1.807, 2.05) is 12.1 Å². The molecule has 0 radical (unpaired) electrons. The van der Waals surface area contributed by atoms with Crippen molar-refractivity contribution in [2.75, 3.05) is 26.2 Å². The van der Waals surface area contributed by atoms with Crippen LogP contribution < -0.4 is 5.32 Å². The number of hydrogen-bond acceptors (Lipinski definition) is 2. The molecule has 1 heterocycles. The second kappa shape index (κ2) is 7.14. The number of rotatable bonds is 3. The molecule has 23 heavy (non-hydrogen) atoms. The van der Waals surface area contributed by atoms with E-state index >= 15 is 0 Å². The first-order valence-corrected chi connectivity index (χ1v) is 9.32. The number of halogens is 2. The smallest absolute Gasteiger partial charge is 0.0979 e. The molecule has 1 atom stereocenters. The number of nitrogens with one attached hydrogen (secondary N) is 1. The highest BCUT2D eigenvalue weighted by molar-refractivity contribution is 6.30. The number of allylic oxidation sites excluding steroid dienone is 1. The van der Waals surface area contributed by atoms with Gasteiger partial charge < -0.3 is 5.32 Å². The van der Waals surface area contributed by atoms with Crippen LogP contribution in [-0.2, 0) is 0 Å². The van der Waals surface area contributed by atoms with E-state index in [4.69, 9.17) is 23.2 Å². The number of hydrogen-bond donors (Lipinski definition) is 1. The third-order valence-electron chi connectivity index (χ3n) is 5.06. The molecule has 0 saturated carbocycles. The van der Waals surface area contributed by atoms with Crippen LogP contribution in [0.3, 0.4) is 0 Å². The Morgan fingerprint density at radius 1 is 1.26 bits per heavy atom. The third kappa shape index (κ3) is 4.30. The summed E-state index contributed by atoms with van der Waals surface area (Å²) in [5, 5.41) is 4.16. The van der Waals surface area contributed by atoms with Crippen LogP contribution in [0.4, 0.5) is 0 Å². The van der Waals surface area contributed by atoms with Crippen LogP contribution in [0.2, 0.25) is 5.02 Å². The van der Waals surface area contributed by atoms with Gasteiger partial charge in [0, 0.05) is 31.2 Å². The topological polar surface area (TPSA) is 15.3 Å². The van der Waals surface area contributed by atoms with Crippen molar-refractivity contribution in [1.82, 2.24) is 10.2 Å². The molecule has 2 aliphatic rings. The van der Waals surface area contributed by atoms with Gasteiger partial charge in [-0.15, -0.1) is 11.6 Å². The van der Waals surface area contributed by atoms with Crippen LogP contribution in [0.1, 0.15) is 38.7 Å². The van der Waals surface area contributed by atoms with Crippen molar-refractivity contribution in [3.63, 3.8) is 0 Å². The summed E-state index contributed by atoms with van der Waals surface area (Å²) in [6.07, 6.45) is 3.54. The zero-order valence-corrected chi connectivity index (χ0v) is 15.6. The van der Waals surface area contributed by atoms with E-state index < -0.39 is 0 Å². The van der Waals surface area contributed by atoms with Crippen molar-refractivity contribution in [2.24, 2.45) is 5.41 Å². The van der Waals surface area contributed by atoms with Gasteiger partial charge in [-0.3, -0.25) is 4.90 Å². The average molecular weight is 353 g/mol. The zero-order chi connectivity index (χ0) is 16.4. The Kier molecular flexibility index (Phi) is 5.37. The largest absolute Gasteiger partial charge is 0.313 e. The Hall–Kier alpha value is -0.540. The molecular weight excluding hydrogens is 327 g/mol. The lowest BCUT2D eigenvalue weighted by Gasteiger charge is -2.38. The highest BCUT2D eigenvalue weighted by atomic mass is 35.5. The zero-order valence-electron chi connectivity index (χ0n) is 14.0. The molecule has 1 N–H and O–H groups in total. The first kappa shape index (κ1) is 17.3. The Morgan fingerprint density at radius 2 is 2.00 bits per heavy atom.